The van der Waals surface area contributed by atoms with Gasteiger partial charge in [0, 0.05) is 54.5 Å². The molecule has 52 heavy (non-hydrogen) atoms. The number of halogens is 5. The van der Waals surface area contributed by atoms with E-state index < -0.39 is 24.2 Å². The highest BCUT2D eigenvalue weighted by Gasteiger charge is 2.46. The number of benzene rings is 2. The molecule has 1 aliphatic carbocycles. The summed E-state index contributed by atoms with van der Waals surface area (Å²) >= 11 is 0. The number of fused-ring (bicyclic) bond motifs is 3. The second-order valence-electron chi connectivity index (χ2n) is 15.1. The number of alkyl halides is 3. The molecule has 274 valence electrons. The first-order chi connectivity index (χ1) is 24.9. The number of hydrogen-bond donors (Lipinski definition) is 2. The van der Waals surface area contributed by atoms with Gasteiger partial charge < -0.3 is 25.0 Å². The summed E-state index contributed by atoms with van der Waals surface area (Å²) in [6, 6.07) is 5.81. The number of nitrogens with zero attached hydrogens (tertiary/aromatic N) is 5. The van der Waals surface area contributed by atoms with Gasteiger partial charge in [0.05, 0.1) is 23.3 Å². The normalized spacial score (nSPS) is 21.9. The van der Waals surface area contributed by atoms with E-state index in [1.807, 2.05) is 0 Å². The molecule has 8 rings (SSSR count). The Labute approximate surface area is 298 Å². The van der Waals surface area contributed by atoms with Gasteiger partial charge in [0.1, 0.15) is 28.6 Å². The average molecular weight is 721 g/mol. The van der Waals surface area contributed by atoms with Gasteiger partial charge in [-0.1, -0.05) is 18.9 Å². The molecule has 2 aromatic carbocycles. The van der Waals surface area contributed by atoms with Crippen LogP contribution in [0.2, 0.25) is 0 Å². The number of aromatic nitrogens is 3. The molecule has 0 bridgehead atoms. The number of rotatable bonds is 8. The van der Waals surface area contributed by atoms with Gasteiger partial charge >= 0.3 is 12.2 Å². The Hall–Kier alpha value is -4.28. The van der Waals surface area contributed by atoms with E-state index >= 15 is 8.78 Å². The first kappa shape index (κ1) is 34.8. The van der Waals surface area contributed by atoms with E-state index in [2.05, 4.69) is 32.9 Å². The van der Waals surface area contributed by atoms with Gasteiger partial charge in [0.25, 0.3) is 0 Å². The first-order valence-electron chi connectivity index (χ1n) is 18.2. The fourth-order valence-corrected chi connectivity index (χ4v) is 8.44. The lowest BCUT2D eigenvalue weighted by Crippen LogP contribution is -2.56. The molecule has 5 heterocycles. The lowest BCUT2D eigenvalue weighted by Gasteiger charge is -2.40. The largest absolute Gasteiger partial charge is 0.508 e. The maximum Gasteiger partial charge on any atom is 0.389 e. The van der Waals surface area contributed by atoms with Crippen molar-refractivity contribution in [3.8, 4) is 35.4 Å². The van der Waals surface area contributed by atoms with Crippen LogP contribution >= 0.6 is 0 Å². The van der Waals surface area contributed by atoms with Crippen molar-refractivity contribution in [2.24, 2.45) is 11.3 Å². The van der Waals surface area contributed by atoms with Crippen molar-refractivity contribution < 1.29 is 31.8 Å². The molecule has 2 atom stereocenters. The van der Waals surface area contributed by atoms with Crippen LogP contribution in [-0.4, -0.2) is 82.5 Å². The van der Waals surface area contributed by atoms with Crippen LogP contribution in [0.25, 0.3) is 32.9 Å². The number of phenolic OH excluding ortho intramolecular Hbond substituents is 1. The van der Waals surface area contributed by atoms with Crippen LogP contribution in [0.5, 0.6) is 11.8 Å². The van der Waals surface area contributed by atoms with Crippen LogP contribution < -0.4 is 15.0 Å². The molecule has 2 saturated heterocycles. The molecule has 2 aromatic heterocycles. The summed E-state index contributed by atoms with van der Waals surface area (Å²) in [7, 11) is 0. The standard InChI is InChI=1S/C39H41F5N6O2/c1-3-24-19-50-25(18-45-24)6-8-30-32-35(33(41)34(46-30)28-16-26(51)15-23-5-7-29(40)27(4-2)31(23)28)47-37(48-36(32)50)52-21-38(11-12-38)20-49-13-9-22(10-14-49)17-39(42,43)44/h2,5,7,15-16,22,24-25,45,51H,3,6,8-14,17-21H2,1H3/t24-,25-/m1/s1. The maximum atomic E-state index is 17.1. The third kappa shape index (κ3) is 6.60. The molecule has 3 aliphatic heterocycles. The van der Waals surface area contributed by atoms with Crippen molar-refractivity contribution in [1.82, 2.24) is 25.2 Å². The Morgan fingerprint density at radius 1 is 1.08 bits per heavy atom. The van der Waals surface area contributed by atoms with Crippen molar-refractivity contribution in [1.29, 1.82) is 0 Å². The zero-order valence-corrected chi connectivity index (χ0v) is 29.0. The molecule has 0 spiro atoms. The SMILES string of the molecule is C#Cc1c(F)ccc2cc(O)cc(-c3nc4c5c(nc(OCC6(CN7CCC(CC(F)(F)F)CC7)CC6)nc5c3F)N3C[C@@H](CC)NC[C@H]3CC4)c12. The molecule has 0 unspecified atom stereocenters. The average Bonchev–Trinajstić information content (AvgIpc) is 3.91. The van der Waals surface area contributed by atoms with E-state index in [0.717, 1.165) is 25.7 Å². The summed E-state index contributed by atoms with van der Waals surface area (Å²) in [5.74, 6) is 1.07. The predicted octanol–water partition coefficient (Wildman–Crippen LogP) is 7.14. The maximum absolute atomic E-state index is 17.1. The van der Waals surface area contributed by atoms with E-state index in [1.165, 1.54) is 24.3 Å². The summed E-state index contributed by atoms with van der Waals surface area (Å²) in [5, 5.41) is 15.5. The first-order valence-corrected chi connectivity index (χ1v) is 18.2. The Bertz CT molecular complexity index is 2070. The Kier molecular flexibility index (Phi) is 8.89. The molecular formula is C39H41F5N6O2. The summed E-state index contributed by atoms with van der Waals surface area (Å²) in [5.41, 5.74) is 0.444. The van der Waals surface area contributed by atoms with Gasteiger partial charge in [-0.15, -0.1) is 6.42 Å². The monoisotopic (exact) mass is 720 g/mol. The fraction of sp³-hybridized carbons (Fsp3) is 0.513. The molecule has 0 radical (unpaired) electrons. The number of hydrogen-bond acceptors (Lipinski definition) is 8. The third-order valence-corrected chi connectivity index (χ3v) is 11.5. The topological polar surface area (TPSA) is 86.6 Å². The van der Waals surface area contributed by atoms with E-state index in [-0.39, 0.29) is 69.5 Å². The number of aryl methyl sites for hydroxylation is 1. The van der Waals surface area contributed by atoms with Crippen molar-refractivity contribution in [2.75, 3.05) is 44.2 Å². The molecule has 8 nitrogen and oxygen atoms in total. The number of terminal acetylenes is 1. The molecular weight excluding hydrogens is 679 g/mol. The van der Waals surface area contributed by atoms with Gasteiger partial charge in [-0.05, 0) is 87.5 Å². The van der Waals surface area contributed by atoms with Crippen molar-refractivity contribution in [3.05, 3.63) is 47.2 Å². The number of pyridine rings is 1. The number of nitrogens with one attached hydrogen (secondary N) is 1. The molecule has 1 saturated carbocycles. The Morgan fingerprint density at radius 3 is 2.58 bits per heavy atom. The van der Waals surface area contributed by atoms with Gasteiger partial charge in [0.15, 0.2) is 5.82 Å². The highest BCUT2D eigenvalue weighted by Crippen LogP contribution is 2.48. The third-order valence-electron chi connectivity index (χ3n) is 11.5. The molecule has 3 fully saturated rings. The minimum atomic E-state index is -4.14. The zero-order chi connectivity index (χ0) is 36.4. The Balaban J connectivity index is 1.17. The predicted molar refractivity (Wildman–Crippen MR) is 188 cm³/mol. The van der Waals surface area contributed by atoms with Crippen molar-refractivity contribution in [3.63, 3.8) is 0 Å². The molecule has 4 aliphatic rings. The summed E-state index contributed by atoms with van der Waals surface area (Å²) in [6.45, 7) is 5.71. The highest BCUT2D eigenvalue weighted by molar-refractivity contribution is 6.03. The number of piperazine rings is 1. The molecule has 13 heteroatoms. The molecule has 4 aromatic rings. The van der Waals surface area contributed by atoms with Gasteiger partial charge in [-0.3, -0.25) is 0 Å². The van der Waals surface area contributed by atoms with Crippen LogP contribution in [0.15, 0.2) is 24.3 Å². The van der Waals surface area contributed by atoms with Crippen LogP contribution in [0.1, 0.15) is 63.1 Å². The number of aromatic hydroxyl groups is 1. The van der Waals surface area contributed by atoms with Crippen LogP contribution in [0.3, 0.4) is 0 Å². The smallest absolute Gasteiger partial charge is 0.389 e. The fourth-order valence-electron chi connectivity index (χ4n) is 8.44. The quantitative estimate of drug-likeness (QED) is 0.147. The van der Waals surface area contributed by atoms with Gasteiger partial charge in [-0.25, -0.2) is 13.8 Å². The number of piperidine rings is 1. The second kappa shape index (κ2) is 13.3. The lowest BCUT2D eigenvalue weighted by atomic mass is 9.92. The Morgan fingerprint density at radius 2 is 1.87 bits per heavy atom. The van der Waals surface area contributed by atoms with Crippen molar-refractivity contribution >= 4 is 27.5 Å². The van der Waals surface area contributed by atoms with E-state index in [0.29, 0.717) is 74.3 Å². The number of phenols is 1. The number of ether oxygens (including phenoxy) is 1. The van der Waals surface area contributed by atoms with Gasteiger partial charge in [-0.2, -0.15) is 23.1 Å². The summed E-state index contributed by atoms with van der Waals surface area (Å²) in [4.78, 5) is 18.9. The van der Waals surface area contributed by atoms with Crippen LogP contribution in [0.4, 0.5) is 27.8 Å². The molecule has 0 amide bonds. The molecule has 2 N–H and O–H groups in total. The zero-order valence-electron chi connectivity index (χ0n) is 29.0. The van der Waals surface area contributed by atoms with E-state index in [4.69, 9.17) is 21.1 Å². The highest BCUT2D eigenvalue weighted by atomic mass is 19.4. The minimum absolute atomic E-state index is 0.0268. The lowest BCUT2D eigenvalue weighted by molar-refractivity contribution is -0.147. The summed E-state index contributed by atoms with van der Waals surface area (Å²) < 4.78 is 77.4. The summed E-state index contributed by atoms with van der Waals surface area (Å²) in [6.07, 6.45) is 5.83. The van der Waals surface area contributed by atoms with Crippen LogP contribution in [0, 0.1) is 35.3 Å². The van der Waals surface area contributed by atoms with E-state index in [1.54, 1.807) is 0 Å². The number of anilines is 1. The van der Waals surface area contributed by atoms with Gasteiger partial charge in [0.2, 0.25) is 0 Å². The minimum Gasteiger partial charge on any atom is -0.508 e. The van der Waals surface area contributed by atoms with Crippen LogP contribution in [-0.2, 0) is 6.42 Å². The van der Waals surface area contributed by atoms with Crippen molar-refractivity contribution in [2.45, 2.75) is 76.6 Å². The van der Waals surface area contributed by atoms with E-state index in [9.17, 15) is 18.3 Å². The number of likely N-dealkylation sites (tertiary alicyclic amines) is 1. The second-order valence-corrected chi connectivity index (χ2v) is 15.1.